The van der Waals surface area contributed by atoms with Crippen LogP contribution in [0.15, 0.2) is 0 Å². The number of carboxylic acid groups (broad SMARTS) is 1. The first-order chi connectivity index (χ1) is 5.97. The maximum atomic E-state index is 10.6. The zero-order valence-corrected chi connectivity index (χ0v) is 9.08. The average molecular weight is 187 g/mol. The van der Waals surface area contributed by atoms with E-state index in [4.69, 9.17) is 5.11 Å². The Morgan fingerprint density at radius 3 is 2.31 bits per heavy atom. The SMILES string of the molecule is CCC(C)CN(C)CC(C)C(=O)O. The van der Waals surface area contributed by atoms with Crippen molar-refractivity contribution in [3.05, 3.63) is 0 Å². The molecule has 0 saturated carbocycles. The quantitative estimate of drug-likeness (QED) is 0.688. The van der Waals surface area contributed by atoms with Gasteiger partial charge in [-0.15, -0.1) is 0 Å². The van der Waals surface area contributed by atoms with Crippen LogP contribution < -0.4 is 0 Å². The first kappa shape index (κ1) is 12.4. The van der Waals surface area contributed by atoms with Gasteiger partial charge in [-0.05, 0) is 13.0 Å². The lowest BCUT2D eigenvalue weighted by Gasteiger charge is -2.22. The summed E-state index contributed by atoms with van der Waals surface area (Å²) >= 11 is 0. The smallest absolute Gasteiger partial charge is 0.307 e. The monoisotopic (exact) mass is 187 g/mol. The molecule has 0 aromatic heterocycles. The normalized spacial score (nSPS) is 15.8. The lowest BCUT2D eigenvalue weighted by Crippen LogP contribution is -2.31. The second kappa shape index (κ2) is 5.97. The molecule has 0 aromatic rings. The molecule has 0 spiro atoms. The minimum absolute atomic E-state index is 0.269. The van der Waals surface area contributed by atoms with Crippen LogP contribution in [0, 0.1) is 11.8 Å². The second-order valence-electron chi connectivity index (χ2n) is 3.97. The number of rotatable bonds is 6. The van der Waals surface area contributed by atoms with Crippen molar-refractivity contribution in [2.24, 2.45) is 11.8 Å². The molecule has 0 amide bonds. The van der Waals surface area contributed by atoms with E-state index in [1.54, 1.807) is 6.92 Å². The van der Waals surface area contributed by atoms with Crippen molar-refractivity contribution in [3.63, 3.8) is 0 Å². The van der Waals surface area contributed by atoms with Gasteiger partial charge in [-0.1, -0.05) is 27.2 Å². The molecule has 0 rings (SSSR count). The summed E-state index contributed by atoms with van der Waals surface area (Å²) in [6.07, 6.45) is 1.14. The van der Waals surface area contributed by atoms with Crippen LogP contribution >= 0.6 is 0 Å². The predicted molar refractivity (Wildman–Crippen MR) is 53.8 cm³/mol. The summed E-state index contributed by atoms with van der Waals surface area (Å²) in [5.41, 5.74) is 0. The third-order valence-corrected chi connectivity index (χ3v) is 2.33. The van der Waals surface area contributed by atoms with Crippen LogP contribution in [0.3, 0.4) is 0 Å². The van der Waals surface area contributed by atoms with E-state index in [9.17, 15) is 4.79 Å². The van der Waals surface area contributed by atoms with E-state index in [2.05, 4.69) is 18.7 Å². The second-order valence-corrected chi connectivity index (χ2v) is 3.97. The van der Waals surface area contributed by atoms with Crippen molar-refractivity contribution in [2.75, 3.05) is 20.1 Å². The Kier molecular flexibility index (Phi) is 5.71. The van der Waals surface area contributed by atoms with Crippen LogP contribution in [-0.2, 0) is 4.79 Å². The Hall–Kier alpha value is -0.570. The molecule has 1 N–H and O–H groups in total. The number of aliphatic carboxylic acids is 1. The molecule has 0 aromatic carbocycles. The van der Waals surface area contributed by atoms with E-state index in [1.807, 2.05) is 7.05 Å². The maximum absolute atomic E-state index is 10.6. The van der Waals surface area contributed by atoms with Gasteiger partial charge in [0.15, 0.2) is 0 Å². The first-order valence-corrected chi connectivity index (χ1v) is 4.88. The lowest BCUT2D eigenvalue weighted by atomic mass is 10.1. The molecule has 2 atom stereocenters. The standard InChI is InChI=1S/C10H21NO2/c1-5-8(2)6-11(4)7-9(3)10(12)13/h8-9H,5-7H2,1-4H3,(H,12,13). The molecule has 0 fully saturated rings. The van der Waals surface area contributed by atoms with E-state index in [0.29, 0.717) is 12.5 Å². The van der Waals surface area contributed by atoms with Crippen LogP contribution in [0.2, 0.25) is 0 Å². The van der Waals surface area contributed by atoms with Crippen LogP contribution in [0.5, 0.6) is 0 Å². The Morgan fingerprint density at radius 1 is 1.38 bits per heavy atom. The maximum Gasteiger partial charge on any atom is 0.307 e. The highest BCUT2D eigenvalue weighted by Gasteiger charge is 2.14. The van der Waals surface area contributed by atoms with Gasteiger partial charge >= 0.3 is 5.97 Å². The number of nitrogens with zero attached hydrogens (tertiary/aromatic N) is 1. The van der Waals surface area contributed by atoms with E-state index in [-0.39, 0.29) is 5.92 Å². The Bertz CT molecular complexity index is 159. The molecular weight excluding hydrogens is 166 g/mol. The molecule has 13 heavy (non-hydrogen) atoms. The molecule has 2 unspecified atom stereocenters. The Balaban J connectivity index is 3.73. The van der Waals surface area contributed by atoms with E-state index in [0.717, 1.165) is 13.0 Å². The predicted octanol–water partition coefficient (Wildman–Crippen LogP) is 1.69. The molecule has 0 aliphatic heterocycles. The highest BCUT2D eigenvalue weighted by Crippen LogP contribution is 2.05. The van der Waals surface area contributed by atoms with Gasteiger partial charge in [0.1, 0.15) is 0 Å². The molecule has 3 heteroatoms. The minimum Gasteiger partial charge on any atom is -0.481 e. The Morgan fingerprint density at radius 2 is 1.92 bits per heavy atom. The lowest BCUT2D eigenvalue weighted by molar-refractivity contribution is -0.141. The van der Waals surface area contributed by atoms with Crippen molar-refractivity contribution in [1.82, 2.24) is 4.90 Å². The molecule has 0 heterocycles. The molecule has 0 bridgehead atoms. The van der Waals surface area contributed by atoms with Crippen LogP contribution in [0.1, 0.15) is 27.2 Å². The highest BCUT2D eigenvalue weighted by atomic mass is 16.4. The topological polar surface area (TPSA) is 40.5 Å². The van der Waals surface area contributed by atoms with Crippen molar-refractivity contribution in [2.45, 2.75) is 27.2 Å². The van der Waals surface area contributed by atoms with Crippen molar-refractivity contribution in [3.8, 4) is 0 Å². The Labute approximate surface area is 80.7 Å². The molecular formula is C10H21NO2. The highest BCUT2D eigenvalue weighted by molar-refractivity contribution is 5.69. The van der Waals surface area contributed by atoms with Gasteiger partial charge < -0.3 is 10.0 Å². The van der Waals surface area contributed by atoms with Gasteiger partial charge in [-0.25, -0.2) is 0 Å². The number of hydrogen-bond acceptors (Lipinski definition) is 2. The fraction of sp³-hybridized carbons (Fsp3) is 0.900. The van der Waals surface area contributed by atoms with Gasteiger partial charge in [0.05, 0.1) is 5.92 Å². The molecule has 0 aliphatic carbocycles. The van der Waals surface area contributed by atoms with Crippen LogP contribution in [0.25, 0.3) is 0 Å². The largest absolute Gasteiger partial charge is 0.481 e. The fourth-order valence-corrected chi connectivity index (χ4v) is 1.28. The van der Waals surface area contributed by atoms with Gasteiger partial charge in [0.25, 0.3) is 0 Å². The summed E-state index contributed by atoms with van der Waals surface area (Å²) in [6.45, 7) is 7.70. The summed E-state index contributed by atoms with van der Waals surface area (Å²) in [6, 6.07) is 0. The first-order valence-electron chi connectivity index (χ1n) is 4.88. The van der Waals surface area contributed by atoms with E-state index in [1.165, 1.54) is 0 Å². The summed E-state index contributed by atoms with van der Waals surface area (Å²) < 4.78 is 0. The molecule has 0 radical (unpaired) electrons. The molecule has 0 aliphatic rings. The zero-order valence-electron chi connectivity index (χ0n) is 9.08. The molecule has 0 saturated heterocycles. The third kappa shape index (κ3) is 5.64. The number of carbonyl (C=O) groups is 1. The van der Waals surface area contributed by atoms with Gasteiger partial charge in [0, 0.05) is 13.1 Å². The van der Waals surface area contributed by atoms with Crippen LogP contribution in [0.4, 0.5) is 0 Å². The fourth-order valence-electron chi connectivity index (χ4n) is 1.28. The van der Waals surface area contributed by atoms with E-state index >= 15 is 0 Å². The average Bonchev–Trinajstić information content (AvgIpc) is 2.03. The van der Waals surface area contributed by atoms with Crippen molar-refractivity contribution < 1.29 is 9.90 Å². The summed E-state index contributed by atoms with van der Waals surface area (Å²) in [7, 11) is 1.98. The van der Waals surface area contributed by atoms with Crippen LogP contribution in [-0.4, -0.2) is 36.1 Å². The third-order valence-electron chi connectivity index (χ3n) is 2.33. The number of carboxylic acids is 1. The summed E-state index contributed by atoms with van der Waals surface area (Å²) in [5, 5.41) is 8.70. The number of hydrogen-bond donors (Lipinski definition) is 1. The molecule has 78 valence electrons. The summed E-state index contributed by atoms with van der Waals surface area (Å²) in [4.78, 5) is 12.7. The van der Waals surface area contributed by atoms with Gasteiger partial charge in [-0.3, -0.25) is 4.79 Å². The zero-order chi connectivity index (χ0) is 10.4. The van der Waals surface area contributed by atoms with Crippen molar-refractivity contribution in [1.29, 1.82) is 0 Å². The van der Waals surface area contributed by atoms with Gasteiger partial charge in [-0.2, -0.15) is 0 Å². The van der Waals surface area contributed by atoms with E-state index < -0.39 is 5.97 Å². The van der Waals surface area contributed by atoms with Crippen molar-refractivity contribution >= 4 is 5.97 Å². The molecule has 3 nitrogen and oxygen atoms in total. The summed E-state index contributed by atoms with van der Waals surface area (Å²) in [5.74, 6) is -0.337. The van der Waals surface area contributed by atoms with Gasteiger partial charge in [0.2, 0.25) is 0 Å². The minimum atomic E-state index is -0.712.